The molecule has 0 amide bonds. The third-order valence-corrected chi connectivity index (χ3v) is 4.34. The fourth-order valence-electron chi connectivity index (χ4n) is 2.96. The summed E-state index contributed by atoms with van der Waals surface area (Å²) in [5.74, 6) is -0.637. The minimum absolute atomic E-state index is 0.0502. The second-order valence-electron chi connectivity index (χ2n) is 5.80. The first-order chi connectivity index (χ1) is 10.1. The number of hydrogen-bond acceptors (Lipinski definition) is 3. The van der Waals surface area contributed by atoms with Crippen molar-refractivity contribution < 1.29 is 13.9 Å². The molecule has 1 aliphatic heterocycles. The molecular weight excluding hydrogens is 274 g/mol. The van der Waals surface area contributed by atoms with Gasteiger partial charge in [0.2, 0.25) is 0 Å². The van der Waals surface area contributed by atoms with Crippen LogP contribution >= 0.6 is 0 Å². The minimum atomic E-state index is -0.533. The normalized spacial score (nSPS) is 18.9. The molecule has 0 radical (unpaired) electrons. The van der Waals surface area contributed by atoms with Crippen LogP contribution in [0, 0.1) is 17.6 Å². The Hall–Kier alpha value is -1.04. The van der Waals surface area contributed by atoms with Gasteiger partial charge in [0, 0.05) is 18.7 Å². The number of halogens is 2. The molecule has 1 aliphatic rings. The summed E-state index contributed by atoms with van der Waals surface area (Å²) in [5, 5.41) is 12.3. The molecule has 0 aromatic heterocycles. The van der Waals surface area contributed by atoms with Gasteiger partial charge < -0.3 is 15.3 Å². The van der Waals surface area contributed by atoms with Crippen molar-refractivity contribution in [3.05, 3.63) is 35.4 Å². The summed E-state index contributed by atoms with van der Waals surface area (Å²) in [5.41, 5.74) is 0.653. The Labute approximate surface area is 125 Å². The second-order valence-corrected chi connectivity index (χ2v) is 5.80. The van der Waals surface area contributed by atoms with Gasteiger partial charge in [-0.1, -0.05) is 0 Å². The standard InChI is InChI=1S/C16H24F2N2O/c1-19-16(13-8-14(17)10-15(18)9-13)4-7-20-5-2-12(11-21)3-6-20/h8-10,12,16,19,21H,2-7,11H2,1H3. The van der Waals surface area contributed by atoms with Crippen LogP contribution in [0.3, 0.4) is 0 Å². The zero-order chi connectivity index (χ0) is 15.2. The lowest BCUT2D eigenvalue weighted by molar-refractivity contribution is 0.128. The summed E-state index contributed by atoms with van der Waals surface area (Å²) >= 11 is 0. The van der Waals surface area contributed by atoms with Gasteiger partial charge in [-0.2, -0.15) is 0 Å². The van der Waals surface area contributed by atoms with E-state index in [-0.39, 0.29) is 12.6 Å². The van der Waals surface area contributed by atoms with Crippen LogP contribution in [0.25, 0.3) is 0 Å². The molecule has 0 bridgehead atoms. The Bertz CT molecular complexity index is 428. The number of aliphatic hydroxyl groups is 1. The number of piperidine rings is 1. The number of likely N-dealkylation sites (tertiary alicyclic amines) is 1. The van der Waals surface area contributed by atoms with E-state index in [9.17, 15) is 8.78 Å². The van der Waals surface area contributed by atoms with Crippen molar-refractivity contribution in [1.29, 1.82) is 0 Å². The molecule has 1 saturated heterocycles. The average molecular weight is 298 g/mol. The Morgan fingerprint density at radius 3 is 2.38 bits per heavy atom. The van der Waals surface area contributed by atoms with Crippen LogP contribution in [0.2, 0.25) is 0 Å². The van der Waals surface area contributed by atoms with Crippen molar-refractivity contribution in [2.75, 3.05) is 33.3 Å². The van der Waals surface area contributed by atoms with E-state index < -0.39 is 11.6 Å². The Balaban J connectivity index is 1.88. The molecule has 118 valence electrons. The molecular formula is C16H24F2N2O. The maximum absolute atomic E-state index is 13.3. The molecule has 1 unspecified atom stereocenters. The number of aliphatic hydroxyl groups excluding tert-OH is 1. The summed E-state index contributed by atoms with van der Waals surface area (Å²) in [6, 6.07) is 3.63. The molecule has 1 aromatic carbocycles. The van der Waals surface area contributed by atoms with Gasteiger partial charge >= 0.3 is 0 Å². The van der Waals surface area contributed by atoms with Gasteiger partial charge in [0.1, 0.15) is 11.6 Å². The van der Waals surface area contributed by atoms with Gasteiger partial charge in [-0.05, 0) is 69.6 Å². The maximum Gasteiger partial charge on any atom is 0.126 e. The smallest absolute Gasteiger partial charge is 0.126 e. The topological polar surface area (TPSA) is 35.5 Å². The predicted octanol–water partition coefficient (Wildman–Crippen LogP) is 2.32. The Morgan fingerprint density at radius 2 is 1.86 bits per heavy atom. The lowest BCUT2D eigenvalue weighted by atomic mass is 9.97. The van der Waals surface area contributed by atoms with E-state index in [2.05, 4.69) is 10.2 Å². The van der Waals surface area contributed by atoms with Crippen LogP contribution in [-0.4, -0.2) is 43.3 Å². The quantitative estimate of drug-likeness (QED) is 0.846. The van der Waals surface area contributed by atoms with E-state index >= 15 is 0 Å². The van der Waals surface area contributed by atoms with E-state index in [0.717, 1.165) is 45.0 Å². The van der Waals surface area contributed by atoms with Gasteiger partial charge in [-0.3, -0.25) is 0 Å². The fourth-order valence-corrected chi connectivity index (χ4v) is 2.96. The van der Waals surface area contributed by atoms with Crippen molar-refractivity contribution in [1.82, 2.24) is 10.2 Å². The number of hydrogen-bond donors (Lipinski definition) is 2. The van der Waals surface area contributed by atoms with E-state index in [1.54, 1.807) is 0 Å². The molecule has 2 rings (SSSR count). The van der Waals surface area contributed by atoms with Crippen molar-refractivity contribution in [2.45, 2.75) is 25.3 Å². The fraction of sp³-hybridized carbons (Fsp3) is 0.625. The molecule has 2 N–H and O–H groups in total. The summed E-state index contributed by atoms with van der Waals surface area (Å²) in [4.78, 5) is 2.35. The Morgan fingerprint density at radius 1 is 1.24 bits per heavy atom. The monoisotopic (exact) mass is 298 g/mol. The first-order valence-electron chi connectivity index (χ1n) is 7.59. The summed E-state index contributed by atoms with van der Waals surface area (Å²) in [7, 11) is 1.81. The molecule has 1 aromatic rings. The van der Waals surface area contributed by atoms with E-state index in [0.29, 0.717) is 11.5 Å². The highest BCUT2D eigenvalue weighted by Gasteiger charge is 2.19. The highest BCUT2D eigenvalue weighted by molar-refractivity contribution is 5.21. The molecule has 0 saturated carbocycles. The largest absolute Gasteiger partial charge is 0.396 e. The van der Waals surface area contributed by atoms with Crippen LogP contribution in [-0.2, 0) is 0 Å². The summed E-state index contributed by atoms with van der Waals surface area (Å²) in [6.07, 6.45) is 2.85. The van der Waals surface area contributed by atoms with Crippen LogP contribution in [0.5, 0.6) is 0 Å². The minimum Gasteiger partial charge on any atom is -0.396 e. The average Bonchev–Trinajstić information content (AvgIpc) is 2.47. The van der Waals surface area contributed by atoms with Gasteiger partial charge in [0.05, 0.1) is 0 Å². The lowest BCUT2D eigenvalue weighted by Crippen LogP contribution is -2.36. The predicted molar refractivity (Wildman–Crippen MR) is 79.0 cm³/mol. The number of rotatable bonds is 6. The zero-order valence-corrected chi connectivity index (χ0v) is 12.5. The second kappa shape index (κ2) is 7.82. The van der Waals surface area contributed by atoms with Crippen molar-refractivity contribution in [2.24, 2.45) is 5.92 Å². The molecule has 1 heterocycles. The first kappa shape index (κ1) is 16.3. The highest BCUT2D eigenvalue weighted by Crippen LogP contribution is 2.22. The van der Waals surface area contributed by atoms with E-state index in [4.69, 9.17) is 5.11 Å². The molecule has 21 heavy (non-hydrogen) atoms. The first-order valence-corrected chi connectivity index (χ1v) is 7.59. The third kappa shape index (κ3) is 4.73. The van der Waals surface area contributed by atoms with Crippen molar-refractivity contribution in [3.8, 4) is 0 Å². The highest BCUT2D eigenvalue weighted by atomic mass is 19.1. The van der Waals surface area contributed by atoms with Crippen LogP contribution in [0.15, 0.2) is 18.2 Å². The van der Waals surface area contributed by atoms with E-state index in [1.165, 1.54) is 12.1 Å². The maximum atomic E-state index is 13.3. The van der Waals surface area contributed by atoms with E-state index in [1.807, 2.05) is 7.05 Å². The van der Waals surface area contributed by atoms with Gasteiger partial charge in [-0.25, -0.2) is 8.78 Å². The van der Waals surface area contributed by atoms with Crippen molar-refractivity contribution in [3.63, 3.8) is 0 Å². The zero-order valence-electron chi connectivity index (χ0n) is 12.5. The summed E-state index contributed by atoms with van der Waals surface area (Å²) in [6.45, 7) is 3.13. The SMILES string of the molecule is CNC(CCN1CCC(CO)CC1)c1cc(F)cc(F)c1. The van der Waals surface area contributed by atoms with Crippen LogP contribution < -0.4 is 5.32 Å². The number of nitrogens with one attached hydrogen (secondary N) is 1. The van der Waals surface area contributed by atoms with Gasteiger partial charge in [0.15, 0.2) is 0 Å². The number of benzene rings is 1. The molecule has 1 fully saturated rings. The lowest BCUT2D eigenvalue weighted by Gasteiger charge is -2.32. The Kier molecular flexibility index (Phi) is 6.08. The number of nitrogens with zero attached hydrogens (tertiary/aromatic N) is 1. The molecule has 1 atom stereocenters. The van der Waals surface area contributed by atoms with Gasteiger partial charge in [-0.15, -0.1) is 0 Å². The van der Waals surface area contributed by atoms with Crippen molar-refractivity contribution >= 4 is 0 Å². The van der Waals surface area contributed by atoms with Crippen LogP contribution in [0.1, 0.15) is 30.9 Å². The molecule has 3 nitrogen and oxygen atoms in total. The molecule has 0 spiro atoms. The van der Waals surface area contributed by atoms with Crippen LogP contribution in [0.4, 0.5) is 8.78 Å². The van der Waals surface area contributed by atoms with Gasteiger partial charge in [0.25, 0.3) is 0 Å². The third-order valence-electron chi connectivity index (χ3n) is 4.34. The molecule has 0 aliphatic carbocycles. The summed E-state index contributed by atoms with van der Waals surface area (Å²) < 4.78 is 26.6. The molecule has 5 heteroatoms.